The standard InChI is InChI=1S/C12H17NO3/c1-9(2)11(13-15)12(14)16-8-10-6-4-3-5-7-10/h3-7,9,11,13,15H,8H2,1-2H3/t11-/m0/s1. The smallest absolute Gasteiger partial charge is 0.326 e. The molecule has 0 fully saturated rings. The number of hydrogen-bond donors (Lipinski definition) is 2. The maximum Gasteiger partial charge on any atom is 0.326 e. The Bertz CT molecular complexity index is 324. The first-order valence-corrected chi connectivity index (χ1v) is 5.25. The predicted octanol–water partition coefficient (Wildman–Crippen LogP) is 1.73. The predicted molar refractivity (Wildman–Crippen MR) is 59.8 cm³/mol. The van der Waals surface area contributed by atoms with Crippen LogP contribution in [0.1, 0.15) is 19.4 Å². The van der Waals surface area contributed by atoms with Crippen LogP contribution in [-0.2, 0) is 16.1 Å². The number of rotatable bonds is 5. The maximum atomic E-state index is 11.5. The molecule has 4 heteroatoms. The van der Waals surface area contributed by atoms with Gasteiger partial charge in [0, 0.05) is 0 Å². The van der Waals surface area contributed by atoms with Crippen molar-refractivity contribution in [2.75, 3.05) is 0 Å². The van der Waals surface area contributed by atoms with Crippen LogP contribution in [0.3, 0.4) is 0 Å². The fraction of sp³-hybridized carbons (Fsp3) is 0.417. The minimum Gasteiger partial charge on any atom is -0.460 e. The van der Waals surface area contributed by atoms with E-state index in [-0.39, 0.29) is 12.5 Å². The lowest BCUT2D eigenvalue weighted by molar-refractivity contribution is -0.152. The summed E-state index contributed by atoms with van der Waals surface area (Å²) in [6.07, 6.45) is 0. The van der Waals surface area contributed by atoms with Gasteiger partial charge in [0.25, 0.3) is 0 Å². The summed E-state index contributed by atoms with van der Waals surface area (Å²) in [5, 5.41) is 8.81. The Morgan fingerprint density at radius 2 is 2.00 bits per heavy atom. The molecule has 0 unspecified atom stereocenters. The molecule has 0 heterocycles. The van der Waals surface area contributed by atoms with E-state index in [0.29, 0.717) is 0 Å². The quantitative estimate of drug-likeness (QED) is 0.589. The number of esters is 1. The third kappa shape index (κ3) is 3.64. The fourth-order valence-corrected chi connectivity index (χ4v) is 1.29. The summed E-state index contributed by atoms with van der Waals surface area (Å²) in [7, 11) is 0. The number of carbonyl (C=O) groups is 1. The highest BCUT2D eigenvalue weighted by molar-refractivity contribution is 5.75. The highest BCUT2D eigenvalue weighted by Gasteiger charge is 2.22. The molecule has 0 aromatic heterocycles. The summed E-state index contributed by atoms with van der Waals surface area (Å²) in [5.74, 6) is -0.463. The van der Waals surface area contributed by atoms with Gasteiger partial charge in [-0.15, -0.1) is 0 Å². The van der Waals surface area contributed by atoms with Crippen molar-refractivity contribution in [3.63, 3.8) is 0 Å². The first-order chi connectivity index (χ1) is 7.65. The Balaban J connectivity index is 2.46. The molecule has 0 aliphatic carbocycles. The van der Waals surface area contributed by atoms with E-state index in [9.17, 15) is 4.79 Å². The number of nitrogens with one attached hydrogen (secondary N) is 1. The fourth-order valence-electron chi connectivity index (χ4n) is 1.29. The minimum absolute atomic E-state index is 0.0201. The van der Waals surface area contributed by atoms with E-state index < -0.39 is 12.0 Å². The van der Waals surface area contributed by atoms with Gasteiger partial charge in [0.1, 0.15) is 12.6 Å². The van der Waals surface area contributed by atoms with Crippen molar-refractivity contribution in [3.8, 4) is 0 Å². The van der Waals surface area contributed by atoms with Gasteiger partial charge in [-0.25, -0.2) is 0 Å². The van der Waals surface area contributed by atoms with Crippen molar-refractivity contribution in [2.24, 2.45) is 5.92 Å². The van der Waals surface area contributed by atoms with Gasteiger partial charge in [-0.2, -0.15) is 5.48 Å². The second kappa shape index (κ2) is 6.25. The van der Waals surface area contributed by atoms with Gasteiger partial charge in [-0.1, -0.05) is 44.2 Å². The van der Waals surface area contributed by atoms with Crippen LogP contribution in [0.15, 0.2) is 30.3 Å². The van der Waals surface area contributed by atoms with Gasteiger partial charge in [0.05, 0.1) is 0 Å². The molecule has 0 amide bonds. The molecule has 0 aliphatic rings. The van der Waals surface area contributed by atoms with Gasteiger partial charge >= 0.3 is 5.97 Å². The molecule has 0 saturated carbocycles. The molecule has 0 bridgehead atoms. The minimum atomic E-state index is -0.677. The molecule has 1 aromatic rings. The van der Waals surface area contributed by atoms with E-state index in [2.05, 4.69) is 0 Å². The Labute approximate surface area is 95.2 Å². The zero-order valence-electron chi connectivity index (χ0n) is 9.51. The summed E-state index contributed by atoms with van der Waals surface area (Å²) < 4.78 is 5.08. The second-order valence-electron chi connectivity index (χ2n) is 3.94. The van der Waals surface area contributed by atoms with Crippen LogP contribution in [0.25, 0.3) is 0 Å². The van der Waals surface area contributed by atoms with Gasteiger partial charge in [-0.3, -0.25) is 4.79 Å². The number of hydrogen-bond acceptors (Lipinski definition) is 4. The summed E-state index contributed by atoms with van der Waals surface area (Å²) >= 11 is 0. The molecule has 1 aromatic carbocycles. The topological polar surface area (TPSA) is 58.6 Å². The second-order valence-corrected chi connectivity index (χ2v) is 3.94. The summed E-state index contributed by atoms with van der Waals surface area (Å²) in [5.41, 5.74) is 2.89. The summed E-state index contributed by atoms with van der Waals surface area (Å²) in [6.45, 7) is 3.89. The highest BCUT2D eigenvalue weighted by Crippen LogP contribution is 2.06. The van der Waals surface area contributed by atoms with E-state index in [1.54, 1.807) is 0 Å². The molecule has 0 aliphatic heterocycles. The van der Waals surface area contributed by atoms with Crippen LogP contribution < -0.4 is 5.48 Å². The van der Waals surface area contributed by atoms with Crippen molar-refractivity contribution in [3.05, 3.63) is 35.9 Å². The SMILES string of the molecule is CC(C)[C@H](NO)C(=O)OCc1ccccc1. The Kier molecular flexibility index (Phi) is 4.95. The Morgan fingerprint density at radius 3 is 2.50 bits per heavy atom. The monoisotopic (exact) mass is 223 g/mol. The maximum absolute atomic E-state index is 11.5. The van der Waals surface area contributed by atoms with Crippen molar-refractivity contribution < 1.29 is 14.7 Å². The molecule has 1 atom stereocenters. The number of ether oxygens (including phenoxy) is 1. The molecular weight excluding hydrogens is 206 g/mol. The van der Waals surface area contributed by atoms with Crippen LogP contribution in [0, 0.1) is 5.92 Å². The number of benzene rings is 1. The molecule has 1 rings (SSSR count). The van der Waals surface area contributed by atoms with E-state index in [1.165, 1.54) is 0 Å². The van der Waals surface area contributed by atoms with Gasteiger partial charge in [0.2, 0.25) is 0 Å². The number of hydroxylamine groups is 1. The van der Waals surface area contributed by atoms with Crippen LogP contribution in [0.5, 0.6) is 0 Å². The Hall–Kier alpha value is -1.39. The molecule has 88 valence electrons. The van der Waals surface area contributed by atoms with Crippen molar-refractivity contribution in [2.45, 2.75) is 26.5 Å². The summed E-state index contributed by atoms with van der Waals surface area (Å²) in [6, 6.07) is 8.75. The van der Waals surface area contributed by atoms with E-state index in [4.69, 9.17) is 9.94 Å². The molecule has 2 N–H and O–H groups in total. The van der Waals surface area contributed by atoms with Crippen molar-refractivity contribution in [1.82, 2.24) is 5.48 Å². The van der Waals surface area contributed by atoms with E-state index in [0.717, 1.165) is 5.56 Å². The molecule has 16 heavy (non-hydrogen) atoms. The van der Waals surface area contributed by atoms with Gasteiger partial charge in [0.15, 0.2) is 0 Å². The molecule has 0 radical (unpaired) electrons. The lowest BCUT2D eigenvalue weighted by atomic mass is 10.1. The van der Waals surface area contributed by atoms with Crippen LogP contribution in [-0.4, -0.2) is 17.2 Å². The zero-order chi connectivity index (χ0) is 12.0. The highest BCUT2D eigenvalue weighted by atomic mass is 16.5. The average molecular weight is 223 g/mol. The lowest BCUT2D eigenvalue weighted by Crippen LogP contribution is -2.40. The van der Waals surface area contributed by atoms with Crippen LogP contribution in [0.2, 0.25) is 0 Å². The van der Waals surface area contributed by atoms with E-state index >= 15 is 0 Å². The normalized spacial score (nSPS) is 12.5. The Morgan fingerprint density at radius 1 is 1.38 bits per heavy atom. The van der Waals surface area contributed by atoms with Crippen LogP contribution in [0.4, 0.5) is 0 Å². The molecule has 0 saturated heterocycles. The lowest BCUT2D eigenvalue weighted by Gasteiger charge is -2.17. The third-order valence-corrected chi connectivity index (χ3v) is 2.28. The molecule has 0 spiro atoms. The van der Waals surface area contributed by atoms with Crippen molar-refractivity contribution in [1.29, 1.82) is 0 Å². The summed E-state index contributed by atoms with van der Waals surface area (Å²) in [4.78, 5) is 11.5. The van der Waals surface area contributed by atoms with Crippen molar-refractivity contribution >= 4 is 5.97 Å². The molecular formula is C12H17NO3. The van der Waals surface area contributed by atoms with Gasteiger partial charge < -0.3 is 9.94 Å². The number of carbonyl (C=O) groups excluding carboxylic acids is 1. The zero-order valence-corrected chi connectivity index (χ0v) is 9.51. The first kappa shape index (κ1) is 12.7. The average Bonchev–Trinajstić information content (AvgIpc) is 2.28. The first-order valence-electron chi connectivity index (χ1n) is 5.25. The van der Waals surface area contributed by atoms with E-state index in [1.807, 2.05) is 49.7 Å². The third-order valence-electron chi connectivity index (χ3n) is 2.28. The van der Waals surface area contributed by atoms with Crippen LogP contribution >= 0.6 is 0 Å². The molecule has 4 nitrogen and oxygen atoms in total. The van der Waals surface area contributed by atoms with Gasteiger partial charge in [-0.05, 0) is 11.5 Å². The largest absolute Gasteiger partial charge is 0.460 e.